The van der Waals surface area contributed by atoms with Crippen LogP contribution in [0.1, 0.15) is 121 Å². The van der Waals surface area contributed by atoms with Crippen LogP contribution in [0.2, 0.25) is 5.02 Å². The van der Waals surface area contributed by atoms with E-state index in [1.165, 1.54) is 85.7 Å². The zero-order chi connectivity index (χ0) is 99.9. The fourth-order valence-corrected chi connectivity index (χ4v) is 16.9. The molecule has 24 N–H and O–H groups in total. The molecule has 44 nitrogen and oxygen atoms in total. The van der Waals surface area contributed by atoms with Crippen molar-refractivity contribution in [3.63, 3.8) is 0 Å². The smallest absolute Gasteiger partial charge is 0.327 e. The van der Waals surface area contributed by atoms with Crippen LogP contribution in [0.5, 0.6) is 0 Å². The number of rotatable bonds is 45. The van der Waals surface area contributed by atoms with Crippen molar-refractivity contribution in [1.29, 1.82) is 0 Å². The van der Waals surface area contributed by atoms with E-state index in [4.69, 9.17) is 27.8 Å². The molecule has 20 amide bonds. The molecular formula is C92H115ClN20O24. The topological polar surface area (TPSA) is 670 Å². The quantitative estimate of drug-likeness (QED) is 0.0186. The van der Waals surface area contributed by atoms with Crippen molar-refractivity contribution < 1.29 is 117 Å². The monoisotopic (exact) mass is 1920 g/mol. The molecule has 5 aromatic carbocycles. The highest BCUT2D eigenvalue weighted by Crippen LogP contribution is 2.48. The van der Waals surface area contributed by atoms with E-state index in [9.17, 15) is 78.3 Å². The predicted octanol–water partition coefficient (Wildman–Crippen LogP) is -1.91. The van der Waals surface area contributed by atoms with Crippen molar-refractivity contribution in [2.75, 3.05) is 36.9 Å². The molecule has 0 bridgehead atoms. The number of hydrogen-bond acceptors (Lipinski definition) is 25. The Bertz CT molecular complexity index is 5430. The third-order valence-corrected chi connectivity index (χ3v) is 23.8. The van der Waals surface area contributed by atoms with Crippen LogP contribution in [0.15, 0.2) is 140 Å². The van der Waals surface area contributed by atoms with E-state index >= 15 is 33.6 Å². The summed E-state index contributed by atoms with van der Waals surface area (Å²) < 4.78 is 5.99. The molecule has 5 heterocycles. The van der Waals surface area contributed by atoms with E-state index in [1.807, 2.05) is 60.9 Å². The Morgan fingerprint density at radius 2 is 1.08 bits per heavy atom. The van der Waals surface area contributed by atoms with E-state index in [2.05, 4.69) is 74.1 Å². The number of nitrogens with zero attached hydrogens (tertiary/aromatic N) is 3. The predicted molar refractivity (Wildman–Crippen MR) is 491 cm³/mol. The van der Waals surface area contributed by atoms with Gasteiger partial charge in [0.2, 0.25) is 82.5 Å². The molecule has 734 valence electrons. The van der Waals surface area contributed by atoms with Gasteiger partial charge in [-0.2, -0.15) is 0 Å². The lowest BCUT2D eigenvalue weighted by Gasteiger charge is -2.55. The van der Waals surface area contributed by atoms with Crippen molar-refractivity contribution in [3.8, 4) is 0 Å². The van der Waals surface area contributed by atoms with Gasteiger partial charge in [0.05, 0.1) is 26.1 Å². The lowest BCUT2D eigenvalue weighted by molar-refractivity contribution is -0.227. The fourth-order valence-electron chi connectivity index (χ4n) is 16.7. The highest BCUT2D eigenvalue weighted by atomic mass is 35.5. The summed E-state index contributed by atoms with van der Waals surface area (Å²) in [7, 11) is 0. The van der Waals surface area contributed by atoms with Gasteiger partial charge in [-0.25, -0.2) is 19.2 Å². The number of hydrogen-bond donors (Lipinski definition) is 22. The van der Waals surface area contributed by atoms with Gasteiger partial charge in [-0.1, -0.05) is 124 Å². The molecule has 0 spiro atoms. The number of aliphatic hydroxyl groups is 4. The number of amides is 20. The normalized spacial score (nSPS) is 20.5. The number of fused-ring (bicyclic) bond motifs is 1. The minimum absolute atomic E-state index is 0.0251. The first kappa shape index (κ1) is 105. The number of imide groups is 2. The molecule has 10 rings (SSSR count). The zero-order valence-corrected chi connectivity index (χ0v) is 76.7. The molecule has 4 aliphatic rings. The SMILES string of the molecule is CC(=O)N[C@H](Cc1ccc2ccccc2c1)C(=O)N[C@H](Cc1ccc(Cl)cc1)C(=O)N[C@H](Cc1cccnc1)C(=O)N[C@@H](CO)C(=O)N[C@@H](Cc1ccc(NC(=O)[C@@]2([C@@]3(N4C(=O)NC(=O)CC4C(=O)O)O[C@H](CO)[C@@H](O)[C@H]3O)CC(=O)NC(=O)N2)cc1)C(=O)N[C@H](Cc1ccc(NC(N)=O)cc1)C(=O)N[C@@H](CC(C)C)C(=O)N[C@@H](CCCCNC(C)C)C(=O)N1CCC[C@H]1C(=O)N[C@H](C)C(N)=O. The van der Waals surface area contributed by atoms with Gasteiger partial charge >= 0.3 is 24.1 Å². The summed E-state index contributed by atoms with van der Waals surface area (Å²) in [6.45, 7) is 8.06. The number of urea groups is 3. The number of pyridine rings is 1. The van der Waals surface area contributed by atoms with Gasteiger partial charge in [0.1, 0.15) is 84.8 Å². The van der Waals surface area contributed by atoms with Crippen LogP contribution in [0.4, 0.5) is 25.8 Å². The second kappa shape index (κ2) is 47.8. The molecule has 1 aromatic heterocycles. The Morgan fingerprint density at radius 3 is 1.59 bits per heavy atom. The van der Waals surface area contributed by atoms with Crippen molar-refractivity contribution in [1.82, 2.24) is 83.9 Å². The Morgan fingerprint density at radius 1 is 0.569 bits per heavy atom. The van der Waals surface area contributed by atoms with Crippen LogP contribution in [-0.4, -0.2) is 275 Å². The molecule has 6 aromatic rings. The van der Waals surface area contributed by atoms with Crippen molar-refractivity contribution in [2.24, 2.45) is 17.4 Å². The van der Waals surface area contributed by atoms with Gasteiger partial charge in [-0.3, -0.25) is 87.6 Å². The fraction of sp³-hybridized carbons (Fsp3) is 0.446. The Balaban J connectivity index is 1.00. The average Bonchev–Trinajstić information content (AvgIpc) is 1.58. The van der Waals surface area contributed by atoms with Gasteiger partial charge in [-0.05, 0) is 139 Å². The largest absolute Gasteiger partial charge is 0.480 e. The summed E-state index contributed by atoms with van der Waals surface area (Å²) in [5.41, 5.74) is 5.87. The Kier molecular flexibility index (Phi) is 36.6. The van der Waals surface area contributed by atoms with E-state index in [1.54, 1.807) is 38.1 Å². The number of unbranched alkanes of at least 4 members (excludes halogenated alkanes) is 1. The van der Waals surface area contributed by atoms with Crippen molar-refractivity contribution in [2.45, 2.75) is 227 Å². The number of aliphatic hydroxyl groups excluding tert-OH is 4. The molecule has 45 heteroatoms. The number of aliphatic carboxylic acids is 1. The lowest BCUT2D eigenvalue weighted by Crippen LogP contribution is -2.85. The van der Waals surface area contributed by atoms with E-state index in [0.29, 0.717) is 47.5 Å². The zero-order valence-electron chi connectivity index (χ0n) is 75.9. The minimum Gasteiger partial charge on any atom is -0.480 e. The highest BCUT2D eigenvalue weighted by Gasteiger charge is 2.76. The van der Waals surface area contributed by atoms with Crippen molar-refractivity contribution >= 4 is 141 Å². The summed E-state index contributed by atoms with van der Waals surface area (Å²) in [4.78, 5) is 261. The number of benzene rings is 5. The molecule has 4 fully saturated rings. The van der Waals surface area contributed by atoms with Crippen LogP contribution in [-0.2, 0) is 109 Å². The first-order valence-electron chi connectivity index (χ1n) is 44.5. The molecular weight excluding hydrogens is 1800 g/mol. The molecule has 0 saturated carbocycles. The molecule has 0 radical (unpaired) electrons. The number of nitrogens with two attached hydrogens (primary N) is 2. The summed E-state index contributed by atoms with van der Waals surface area (Å²) in [6.07, 6.45) is -7.12. The Labute approximate surface area is 791 Å². The lowest BCUT2D eigenvalue weighted by atomic mass is 9.74. The average molecular weight is 1920 g/mol. The number of carboxylic acids is 1. The van der Waals surface area contributed by atoms with Crippen molar-refractivity contribution in [3.05, 3.63) is 173 Å². The maximum atomic E-state index is 15.8. The maximum absolute atomic E-state index is 15.8. The number of ether oxygens (including phenoxy) is 1. The first-order chi connectivity index (χ1) is 65.1. The number of likely N-dealkylation sites (tertiary alicyclic amines) is 1. The number of carboxylic acid groups (broad SMARTS) is 1. The number of halogens is 1. The van der Waals surface area contributed by atoms with Gasteiger partial charge < -0.3 is 116 Å². The van der Waals surface area contributed by atoms with Gasteiger partial charge in [-0.15, -0.1) is 0 Å². The summed E-state index contributed by atoms with van der Waals surface area (Å²) in [6, 6.07) is 10.9. The third kappa shape index (κ3) is 27.6. The van der Waals surface area contributed by atoms with E-state index in [-0.39, 0.29) is 78.5 Å². The molecule has 0 aliphatic carbocycles. The molecule has 16 atom stereocenters. The number of aromatic nitrogens is 1. The first-order valence-corrected chi connectivity index (χ1v) is 44.9. The second-order valence-electron chi connectivity index (χ2n) is 34.8. The van der Waals surface area contributed by atoms with Crippen LogP contribution < -0.4 is 91.2 Å². The van der Waals surface area contributed by atoms with Gasteiger partial charge in [0.15, 0.2) is 5.54 Å². The van der Waals surface area contributed by atoms with Gasteiger partial charge in [0, 0.05) is 80.4 Å². The number of carbonyl (C=O) groups excluding carboxylic acids is 17. The number of carbonyl (C=O) groups is 18. The van der Waals surface area contributed by atoms with E-state index < -0.39 is 248 Å². The Hall–Kier alpha value is -14.2. The highest BCUT2D eigenvalue weighted by molar-refractivity contribution is 6.30. The summed E-state index contributed by atoms with van der Waals surface area (Å²) >= 11 is 6.29. The van der Waals surface area contributed by atoms with Gasteiger partial charge in [0.25, 0.3) is 5.91 Å². The van der Waals surface area contributed by atoms with Crippen LogP contribution >= 0.6 is 11.6 Å². The third-order valence-electron chi connectivity index (χ3n) is 23.6. The number of primary amides is 2. The molecule has 4 saturated heterocycles. The summed E-state index contributed by atoms with van der Waals surface area (Å²) in [5.74, 6) is -16.6. The molecule has 1 unspecified atom stereocenters. The maximum Gasteiger partial charge on any atom is 0.327 e. The number of anilines is 2. The van der Waals surface area contributed by atoms with Crippen LogP contribution in [0.25, 0.3) is 10.8 Å². The number of nitrogens with one attached hydrogen (secondary N) is 15. The molecule has 4 aliphatic heterocycles. The minimum atomic E-state index is -3.41. The second-order valence-corrected chi connectivity index (χ2v) is 35.2. The van der Waals surface area contributed by atoms with Crippen LogP contribution in [0.3, 0.4) is 0 Å². The van der Waals surface area contributed by atoms with Crippen LogP contribution in [0, 0.1) is 5.92 Å². The summed E-state index contributed by atoms with van der Waals surface area (Å²) in [5, 5.41) is 95.9. The van der Waals surface area contributed by atoms with E-state index in [0.717, 1.165) is 22.9 Å². The standard InChI is InChI=1S/C92H115ClN20O24/c1-47(2)35-62(77(122)102-61(16-9-10-33-97-48(3)4)85(130)112-34-12-17-69(112)84(129)98-49(5)76(94)121)103-79(124)65(38-53-23-30-60(31-24-53)101-88(95)134)105-81(126)66(39-52-21-28-59(29-22-52)100-87(133)91(43-73(118)109-89(135)111-91)92(75(120)74(119)71(46-115)137-92)113-70(86(131)132)42-72(117)110-90(113)136)107-83(128)68(45-114)108-82(127)67(41-55-13-11-32-96-44-55)106-80(125)64(37-51-19-26-58(93)27-20-51)104-78(123)63(99-50(6)116)40-54-18-25-56-14-7-8-15-57(56)36-54/h7-8,11,13-15,18-32,36,44,47-49,61-71,74-75,97,114-115,119-120H,9-10,12,16-17,33-35,37-43,45-46H2,1-6H3,(H2,94,121)(H,98,129)(H,99,116)(H,100,133)(H,102,122)(H,103,124)(H,104,123)(H,105,126)(H,106,125)(H,107,128)(H,108,127)(H,131,132)(H3,95,101,134)(H,110,117,136)(H2,109,111,118,135)/t49-,61+,62+,63-,64-,65-,66+,67-,68+,69+,70?,71-,74-,75-,91-,92+/m1/s1. The molecule has 137 heavy (non-hydrogen) atoms.